The van der Waals surface area contributed by atoms with Crippen molar-refractivity contribution in [1.82, 2.24) is 9.47 Å². The molecule has 1 saturated heterocycles. The molecule has 0 bridgehead atoms. The van der Waals surface area contributed by atoms with Crippen molar-refractivity contribution in [1.29, 1.82) is 0 Å². The van der Waals surface area contributed by atoms with Crippen molar-refractivity contribution >= 4 is 29.1 Å². The first-order chi connectivity index (χ1) is 17.0. The Hall–Kier alpha value is -3.38. The molecule has 2 amide bonds. The first kappa shape index (κ1) is 23.4. The van der Waals surface area contributed by atoms with Gasteiger partial charge in [0.25, 0.3) is 11.5 Å². The lowest BCUT2D eigenvalue weighted by Gasteiger charge is -2.33. The highest BCUT2D eigenvalue weighted by atomic mass is 35.5. The lowest BCUT2D eigenvalue weighted by molar-refractivity contribution is -0.120. The Morgan fingerprint density at radius 1 is 0.943 bits per heavy atom. The molecular formula is C28H28ClN3O3. The maximum absolute atomic E-state index is 13.5. The van der Waals surface area contributed by atoms with Crippen LogP contribution >= 0.6 is 11.6 Å². The average molecular weight is 490 g/mol. The number of halogens is 1. The van der Waals surface area contributed by atoms with Crippen molar-refractivity contribution in [2.24, 2.45) is 5.92 Å². The molecular weight excluding hydrogens is 462 g/mol. The number of likely N-dealkylation sites (tertiary alicyclic amines) is 1. The molecule has 1 saturated carbocycles. The van der Waals surface area contributed by atoms with E-state index in [-0.39, 0.29) is 23.4 Å². The fourth-order valence-electron chi connectivity index (χ4n) is 5.48. The molecule has 1 aliphatic heterocycles. The Morgan fingerprint density at radius 3 is 2.49 bits per heavy atom. The van der Waals surface area contributed by atoms with E-state index in [4.69, 9.17) is 11.6 Å². The molecule has 6 nitrogen and oxygen atoms in total. The normalized spacial score (nSPS) is 21.4. The SMILES string of the molecule is O=C(Nc1ccc(=O)n(Cc2ccccc2Cl)c1)C1CC2CCCCC2N1C(=O)c1ccccc1. The zero-order valence-corrected chi connectivity index (χ0v) is 20.2. The lowest BCUT2D eigenvalue weighted by atomic mass is 9.84. The van der Waals surface area contributed by atoms with Crippen molar-refractivity contribution in [3.8, 4) is 0 Å². The molecule has 180 valence electrons. The molecule has 7 heteroatoms. The average Bonchev–Trinajstić information content (AvgIpc) is 3.27. The molecule has 0 radical (unpaired) electrons. The van der Waals surface area contributed by atoms with Gasteiger partial charge in [-0.25, -0.2) is 0 Å². The topological polar surface area (TPSA) is 71.4 Å². The summed E-state index contributed by atoms with van der Waals surface area (Å²) >= 11 is 6.27. The van der Waals surface area contributed by atoms with Gasteiger partial charge in [0, 0.05) is 28.9 Å². The molecule has 2 fully saturated rings. The summed E-state index contributed by atoms with van der Waals surface area (Å²) in [5, 5.41) is 3.55. The highest BCUT2D eigenvalue weighted by Crippen LogP contribution is 2.40. The van der Waals surface area contributed by atoms with Gasteiger partial charge in [0.15, 0.2) is 0 Å². The minimum absolute atomic E-state index is 0.0846. The highest BCUT2D eigenvalue weighted by molar-refractivity contribution is 6.31. The Morgan fingerprint density at radius 2 is 1.69 bits per heavy atom. The third kappa shape index (κ3) is 4.89. The largest absolute Gasteiger partial charge is 0.323 e. The summed E-state index contributed by atoms with van der Waals surface area (Å²) in [5.41, 5.74) is 1.75. The third-order valence-electron chi connectivity index (χ3n) is 7.20. The zero-order chi connectivity index (χ0) is 24.4. The van der Waals surface area contributed by atoms with Crippen LogP contribution in [0.1, 0.15) is 48.0 Å². The van der Waals surface area contributed by atoms with Gasteiger partial charge in [-0.15, -0.1) is 0 Å². The molecule has 1 aliphatic carbocycles. The number of benzene rings is 2. The van der Waals surface area contributed by atoms with Crippen LogP contribution in [0, 0.1) is 5.92 Å². The van der Waals surface area contributed by atoms with Crippen molar-refractivity contribution in [3.63, 3.8) is 0 Å². The summed E-state index contributed by atoms with van der Waals surface area (Å²) in [6.45, 7) is 0.300. The van der Waals surface area contributed by atoms with Crippen LogP contribution in [0.25, 0.3) is 0 Å². The van der Waals surface area contributed by atoms with Crippen LogP contribution in [-0.2, 0) is 11.3 Å². The number of carbonyl (C=O) groups is 2. The summed E-state index contributed by atoms with van der Waals surface area (Å²) in [4.78, 5) is 41.3. The monoisotopic (exact) mass is 489 g/mol. The quantitative estimate of drug-likeness (QED) is 0.550. The molecule has 35 heavy (non-hydrogen) atoms. The van der Waals surface area contributed by atoms with Gasteiger partial charge in [0.1, 0.15) is 6.04 Å². The number of carbonyl (C=O) groups excluding carboxylic acids is 2. The van der Waals surface area contributed by atoms with E-state index in [2.05, 4.69) is 5.32 Å². The van der Waals surface area contributed by atoms with Gasteiger partial charge >= 0.3 is 0 Å². The number of pyridine rings is 1. The fraction of sp³-hybridized carbons (Fsp3) is 0.321. The van der Waals surface area contributed by atoms with Gasteiger partial charge in [0.05, 0.1) is 12.2 Å². The second kappa shape index (κ2) is 10.1. The van der Waals surface area contributed by atoms with E-state index >= 15 is 0 Å². The standard InChI is InChI=1S/C28H28ClN3O3/c29-23-12-6-4-11-21(23)17-31-18-22(14-15-26(31)33)30-27(34)25-16-20-10-5-7-13-24(20)32(25)28(35)19-8-2-1-3-9-19/h1-4,6,8-9,11-12,14-15,18,20,24-25H,5,7,10,13,16-17H2,(H,30,34). The smallest absolute Gasteiger partial charge is 0.254 e. The molecule has 2 aliphatic rings. The van der Waals surface area contributed by atoms with Crippen molar-refractivity contribution in [2.45, 2.75) is 50.7 Å². The van der Waals surface area contributed by atoms with Crippen LogP contribution in [0.2, 0.25) is 5.02 Å². The first-order valence-electron chi connectivity index (χ1n) is 12.1. The summed E-state index contributed by atoms with van der Waals surface area (Å²) < 4.78 is 1.53. The number of rotatable bonds is 5. The van der Waals surface area contributed by atoms with Crippen LogP contribution in [-0.4, -0.2) is 33.4 Å². The molecule has 3 aromatic rings. The Kier molecular flexibility index (Phi) is 6.73. The minimum Gasteiger partial charge on any atom is -0.323 e. The van der Waals surface area contributed by atoms with Gasteiger partial charge < -0.3 is 14.8 Å². The first-order valence-corrected chi connectivity index (χ1v) is 12.5. The Labute approximate surface area is 209 Å². The maximum atomic E-state index is 13.5. The van der Waals surface area contributed by atoms with Crippen LogP contribution < -0.4 is 10.9 Å². The fourth-order valence-corrected chi connectivity index (χ4v) is 5.68. The van der Waals surface area contributed by atoms with E-state index in [0.29, 0.717) is 35.2 Å². The summed E-state index contributed by atoms with van der Waals surface area (Å²) in [5.74, 6) is 0.0248. The van der Waals surface area contributed by atoms with Crippen molar-refractivity contribution < 1.29 is 9.59 Å². The van der Waals surface area contributed by atoms with Gasteiger partial charge in [-0.05, 0) is 55.0 Å². The lowest BCUT2D eigenvalue weighted by Crippen LogP contribution is -2.47. The number of nitrogens with zero attached hydrogens (tertiary/aromatic N) is 2. The van der Waals surface area contributed by atoms with Crippen LogP contribution in [0.4, 0.5) is 5.69 Å². The second-order valence-electron chi connectivity index (χ2n) is 9.41. The minimum atomic E-state index is -0.542. The van der Waals surface area contributed by atoms with Crippen LogP contribution in [0.5, 0.6) is 0 Å². The number of fused-ring (bicyclic) bond motifs is 1. The molecule has 3 atom stereocenters. The molecule has 1 aromatic heterocycles. The van der Waals surface area contributed by atoms with E-state index in [1.165, 1.54) is 10.6 Å². The molecule has 2 heterocycles. The predicted molar refractivity (Wildman–Crippen MR) is 137 cm³/mol. The number of aromatic nitrogens is 1. The van der Waals surface area contributed by atoms with E-state index in [9.17, 15) is 14.4 Å². The number of amides is 2. The number of hydrogen-bond acceptors (Lipinski definition) is 3. The van der Waals surface area contributed by atoms with E-state index in [1.807, 2.05) is 41.3 Å². The Bertz CT molecular complexity index is 1290. The number of anilines is 1. The molecule has 1 N–H and O–H groups in total. The van der Waals surface area contributed by atoms with E-state index < -0.39 is 6.04 Å². The van der Waals surface area contributed by atoms with Crippen LogP contribution in [0.15, 0.2) is 77.7 Å². The van der Waals surface area contributed by atoms with Gasteiger partial charge in [-0.2, -0.15) is 0 Å². The van der Waals surface area contributed by atoms with E-state index in [0.717, 1.165) is 31.2 Å². The molecule has 0 spiro atoms. The van der Waals surface area contributed by atoms with Gasteiger partial charge in [0.2, 0.25) is 5.91 Å². The molecule has 5 rings (SSSR count). The number of nitrogens with one attached hydrogen (secondary N) is 1. The van der Waals surface area contributed by atoms with Crippen molar-refractivity contribution in [2.75, 3.05) is 5.32 Å². The number of hydrogen-bond donors (Lipinski definition) is 1. The summed E-state index contributed by atoms with van der Waals surface area (Å²) in [7, 11) is 0. The zero-order valence-electron chi connectivity index (χ0n) is 19.4. The summed E-state index contributed by atoms with van der Waals surface area (Å²) in [6.07, 6.45) is 6.46. The van der Waals surface area contributed by atoms with Gasteiger partial charge in [-0.1, -0.05) is 60.8 Å². The highest BCUT2D eigenvalue weighted by Gasteiger charge is 2.47. The Balaban J connectivity index is 1.38. The third-order valence-corrected chi connectivity index (χ3v) is 7.56. The molecule has 2 aromatic carbocycles. The predicted octanol–water partition coefficient (Wildman–Crippen LogP) is 4.96. The van der Waals surface area contributed by atoms with Gasteiger partial charge in [-0.3, -0.25) is 14.4 Å². The second-order valence-corrected chi connectivity index (χ2v) is 9.81. The maximum Gasteiger partial charge on any atom is 0.254 e. The van der Waals surface area contributed by atoms with E-state index in [1.54, 1.807) is 30.5 Å². The van der Waals surface area contributed by atoms with Crippen LogP contribution in [0.3, 0.4) is 0 Å². The molecule has 3 unspecified atom stereocenters. The summed E-state index contributed by atoms with van der Waals surface area (Å²) in [6, 6.07) is 19.1. The van der Waals surface area contributed by atoms with Crippen molar-refractivity contribution in [3.05, 3.63) is 99.4 Å².